The second kappa shape index (κ2) is 11.1. The van der Waals surface area contributed by atoms with Crippen LogP contribution in [0.1, 0.15) is 23.2 Å². The predicted octanol–water partition coefficient (Wildman–Crippen LogP) is 2.07. The summed E-state index contributed by atoms with van der Waals surface area (Å²) in [5, 5.41) is 5.51. The zero-order valence-electron chi connectivity index (χ0n) is 19.4. The van der Waals surface area contributed by atoms with Crippen molar-refractivity contribution >= 4 is 17.9 Å². The Morgan fingerprint density at radius 1 is 1.23 bits per heavy atom. The predicted molar refractivity (Wildman–Crippen MR) is 131 cm³/mol. The van der Waals surface area contributed by atoms with Crippen LogP contribution in [0.3, 0.4) is 0 Å². The molecule has 2 aliphatic heterocycles. The van der Waals surface area contributed by atoms with E-state index < -0.39 is 12.1 Å². The molecular weight excluding hydrogens is 448 g/mol. The van der Waals surface area contributed by atoms with Crippen molar-refractivity contribution in [3.8, 4) is 16.9 Å². The number of rotatable bonds is 3. The van der Waals surface area contributed by atoms with E-state index in [2.05, 4.69) is 17.2 Å². The molecule has 2 aromatic rings. The lowest BCUT2D eigenvalue weighted by Gasteiger charge is -2.29. The van der Waals surface area contributed by atoms with Gasteiger partial charge < -0.3 is 30.7 Å². The molecule has 1 saturated heterocycles. The van der Waals surface area contributed by atoms with Crippen LogP contribution in [-0.2, 0) is 9.53 Å². The van der Waals surface area contributed by atoms with Gasteiger partial charge in [0.15, 0.2) is 0 Å². The van der Waals surface area contributed by atoms with Gasteiger partial charge in [-0.3, -0.25) is 9.59 Å². The average molecular weight is 479 g/mol. The van der Waals surface area contributed by atoms with Crippen molar-refractivity contribution in [3.63, 3.8) is 0 Å². The number of nitrogens with zero attached hydrogens (tertiary/aromatic N) is 1. The van der Waals surface area contributed by atoms with Gasteiger partial charge >= 0.3 is 6.09 Å². The summed E-state index contributed by atoms with van der Waals surface area (Å²) >= 11 is 0. The second-order valence-corrected chi connectivity index (χ2v) is 8.65. The number of carbonyl (C=O) groups excluding carboxylic acids is 3. The molecule has 184 valence electrons. The number of nitrogens with two attached hydrogens (primary N) is 1. The Hall–Kier alpha value is -3.85. The molecule has 35 heavy (non-hydrogen) atoms. The molecule has 2 heterocycles. The van der Waals surface area contributed by atoms with Gasteiger partial charge in [0.1, 0.15) is 25.0 Å². The summed E-state index contributed by atoms with van der Waals surface area (Å²) in [4.78, 5) is 40.4. The third kappa shape index (κ3) is 5.81. The van der Waals surface area contributed by atoms with E-state index in [9.17, 15) is 14.4 Å². The van der Waals surface area contributed by atoms with E-state index in [1.54, 1.807) is 17.0 Å². The fourth-order valence-electron chi connectivity index (χ4n) is 4.46. The van der Waals surface area contributed by atoms with Crippen LogP contribution in [0.4, 0.5) is 4.79 Å². The van der Waals surface area contributed by atoms with Gasteiger partial charge in [-0.1, -0.05) is 43.0 Å². The van der Waals surface area contributed by atoms with Gasteiger partial charge in [0.2, 0.25) is 5.91 Å². The molecule has 0 radical (unpaired) electrons. The van der Waals surface area contributed by atoms with Gasteiger partial charge in [-0.25, -0.2) is 4.79 Å². The molecule has 0 aliphatic carbocycles. The highest BCUT2D eigenvalue weighted by molar-refractivity contribution is 6.01. The fourth-order valence-corrected chi connectivity index (χ4v) is 4.46. The van der Waals surface area contributed by atoms with E-state index in [0.29, 0.717) is 24.3 Å². The molecule has 3 atom stereocenters. The molecule has 3 amide bonds. The Bertz CT molecular complexity index is 1100. The summed E-state index contributed by atoms with van der Waals surface area (Å²) in [7, 11) is 0. The topological polar surface area (TPSA) is 123 Å². The number of amides is 3. The molecule has 0 aromatic heterocycles. The lowest BCUT2D eigenvalue weighted by molar-refractivity contribution is -0.134. The Labute approximate surface area is 204 Å². The summed E-state index contributed by atoms with van der Waals surface area (Å²) in [6, 6.07) is 13.5. The summed E-state index contributed by atoms with van der Waals surface area (Å²) in [5.74, 6) is 0.0619. The lowest BCUT2D eigenvalue weighted by Crippen LogP contribution is -2.52. The first kappa shape index (κ1) is 24.3. The SMILES string of the molecule is C=CCOC(=O)N[C@@H]1CCNC(=O)c2ccccc2-c2cccc(c2)OC[C@@H]2C[C@H](N)CN2C1=O. The molecule has 9 heteroatoms. The zero-order chi connectivity index (χ0) is 24.8. The Morgan fingerprint density at radius 3 is 2.83 bits per heavy atom. The maximum atomic E-state index is 13.5. The van der Waals surface area contributed by atoms with Crippen LogP contribution < -0.4 is 21.1 Å². The molecule has 4 rings (SSSR count). The highest BCUT2D eigenvalue weighted by Crippen LogP contribution is 2.28. The van der Waals surface area contributed by atoms with E-state index in [-0.39, 0.29) is 50.1 Å². The summed E-state index contributed by atoms with van der Waals surface area (Å²) in [6.07, 6.45) is 1.48. The first-order valence-corrected chi connectivity index (χ1v) is 11.7. The number of carbonyl (C=O) groups is 3. The van der Waals surface area contributed by atoms with Crippen molar-refractivity contribution in [3.05, 3.63) is 66.7 Å². The Balaban J connectivity index is 1.65. The number of ether oxygens (including phenoxy) is 2. The van der Waals surface area contributed by atoms with Crippen LogP contribution in [-0.4, -0.2) is 67.2 Å². The Kier molecular flexibility index (Phi) is 7.67. The van der Waals surface area contributed by atoms with Crippen molar-refractivity contribution in [2.45, 2.75) is 31.0 Å². The monoisotopic (exact) mass is 478 g/mol. The third-order valence-corrected chi connectivity index (χ3v) is 6.13. The number of benzene rings is 2. The van der Waals surface area contributed by atoms with Gasteiger partial charge in [0.05, 0.1) is 6.04 Å². The van der Waals surface area contributed by atoms with Crippen molar-refractivity contribution in [1.29, 1.82) is 0 Å². The lowest BCUT2D eigenvalue weighted by atomic mass is 9.99. The Morgan fingerprint density at radius 2 is 2.03 bits per heavy atom. The van der Waals surface area contributed by atoms with Gasteiger partial charge in [-0.05, 0) is 42.2 Å². The fraction of sp³-hybridized carbons (Fsp3) is 0.346. The number of nitrogens with one attached hydrogen (secondary N) is 2. The van der Waals surface area contributed by atoms with E-state index in [0.717, 1.165) is 11.1 Å². The third-order valence-electron chi connectivity index (χ3n) is 6.13. The minimum atomic E-state index is -0.901. The van der Waals surface area contributed by atoms with Crippen LogP contribution in [0.2, 0.25) is 0 Å². The number of alkyl carbamates (subject to hydrolysis) is 1. The minimum Gasteiger partial charge on any atom is -0.491 e. The summed E-state index contributed by atoms with van der Waals surface area (Å²) < 4.78 is 11.1. The molecule has 2 bridgehead atoms. The minimum absolute atomic E-state index is 0.0177. The molecule has 0 unspecified atom stereocenters. The zero-order valence-corrected chi connectivity index (χ0v) is 19.4. The number of hydrogen-bond acceptors (Lipinski definition) is 6. The van der Waals surface area contributed by atoms with E-state index in [1.807, 2.05) is 36.4 Å². The maximum Gasteiger partial charge on any atom is 0.408 e. The maximum absolute atomic E-state index is 13.5. The summed E-state index contributed by atoms with van der Waals surface area (Å²) in [5.41, 5.74) is 8.32. The normalized spacial score (nSPS) is 22.4. The van der Waals surface area contributed by atoms with Crippen LogP contribution in [0.15, 0.2) is 61.2 Å². The first-order chi connectivity index (χ1) is 17.0. The van der Waals surface area contributed by atoms with Gasteiger partial charge in [0.25, 0.3) is 5.91 Å². The van der Waals surface area contributed by atoms with Gasteiger partial charge in [0, 0.05) is 24.7 Å². The highest BCUT2D eigenvalue weighted by atomic mass is 16.5. The smallest absolute Gasteiger partial charge is 0.408 e. The first-order valence-electron chi connectivity index (χ1n) is 11.7. The van der Waals surface area contributed by atoms with Crippen LogP contribution in [0.25, 0.3) is 11.1 Å². The molecular formula is C26H30N4O5. The van der Waals surface area contributed by atoms with Crippen molar-refractivity contribution in [1.82, 2.24) is 15.5 Å². The molecule has 1 fully saturated rings. The van der Waals surface area contributed by atoms with Gasteiger partial charge in [-0.2, -0.15) is 0 Å². The van der Waals surface area contributed by atoms with Gasteiger partial charge in [-0.15, -0.1) is 0 Å². The van der Waals surface area contributed by atoms with Crippen molar-refractivity contribution < 1.29 is 23.9 Å². The second-order valence-electron chi connectivity index (χ2n) is 8.65. The van der Waals surface area contributed by atoms with E-state index in [1.165, 1.54) is 6.08 Å². The van der Waals surface area contributed by atoms with Crippen LogP contribution in [0.5, 0.6) is 5.75 Å². The number of hydrogen-bond donors (Lipinski definition) is 3. The molecule has 0 spiro atoms. The van der Waals surface area contributed by atoms with E-state index >= 15 is 0 Å². The molecule has 2 aromatic carbocycles. The molecule has 4 N–H and O–H groups in total. The van der Waals surface area contributed by atoms with Crippen molar-refractivity contribution in [2.24, 2.45) is 5.73 Å². The number of fused-ring (bicyclic) bond motifs is 5. The summed E-state index contributed by atoms with van der Waals surface area (Å²) in [6.45, 7) is 4.32. The van der Waals surface area contributed by atoms with Crippen molar-refractivity contribution in [2.75, 3.05) is 26.3 Å². The van der Waals surface area contributed by atoms with Crippen LogP contribution in [0, 0.1) is 0 Å². The highest BCUT2D eigenvalue weighted by Gasteiger charge is 2.37. The molecule has 0 saturated carbocycles. The average Bonchev–Trinajstić information content (AvgIpc) is 3.25. The van der Waals surface area contributed by atoms with Crippen LogP contribution >= 0.6 is 0 Å². The quantitative estimate of drug-likeness (QED) is 0.581. The van der Waals surface area contributed by atoms with E-state index in [4.69, 9.17) is 15.2 Å². The molecule has 9 nitrogen and oxygen atoms in total. The standard InChI is InChI=1S/C26H30N4O5/c1-2-12-34-26(33)29-23-10-11-28-24(31)22-9-4-3-8-21(22)17-6-5-7-20(13-17)35-16-19-14-18(27)15-30(19)25(23)32/h2-9,13,18-19,23H,1,10-12,14-16,27H2,(H,28,31)(H,29,33)/t18-,19-,23+/m0/s1. The molecule has 2 aliphatic rings. The largest absolute Gasteiger partial charge is 0.491 e.